The number of thioether (sulfide) groups is 1. The zero-order valence-corrected chi connectivity index (χ0v) is 16.0. The van der Waals surface area contributed by atoms with Crippen molar-refractivity contribution in [1.82, 2.24) is 4.98 Å². The highest BCUT2D eigenvalue weighted by molar-refractivity contribution is 8.00. The van der Waals surface area contributed by atoms with Crippen LogP contribution in [0.3, 0.4) is 0 Å². The minimum atomic E-state index is -4.69. The van der Waals surface area contributed by atoms with Crippen molar-refractivity contribution in [2.75, 3.05) is 25.3 Å². The number of carbonyl (C=O) groups is 1. The molecule has 1 N–H and O–H groups in total. The van der Waals surface area contributed by atoms with Gasteiger partial charge >= 0.3 is 6.18 Å². The largest absolute Gasteiger partial charge is 0.497 e. The Morgan fingerprint density at radius 3 is 2.32 bits per heavy atom. The molecule has 1 amide bonds. The summed E-state index contributed by atoms with van der Waals surface area (Å²) in [6.07, 6.45) is -4.69. The number of halogens is 3. The molecule has 0 unspecified atom stereocenters. The average molecular weight is 411 g/mol. The van der Waals surface area contributed by atoms with Crippen LogP contribution in [0.25, 0.3) is 0 Å². The number of aryl methyl sites for hydroxylation is 1. The number of nitriles is 1. The van der Waals surface area contributed by atoms with Gasteiger partial charge in [-0.25, -0.2) is 4.98 Å². The molecule has 0 fully saturated rings. The van der Waals surface area contributed by atoms with Crippen LogP contribution in [-0.2, 0) is 11.0 Å². The summed E-state index contributed by atoms with van der Waals surface area (Å²) in [5, 5.41) is 11.6. The number of amides is 1. The minimum absolute atomic E-state index is 0.103. The first kappa shape index (κ1) is 21.4. The molecule has 10 heteroatoms. The fourth-order valence-corrected chi connectivity index (χ4v) is 3.14. The number of carbonyl (C=O) groups excluding carboxylic acids is 1. The van der Waals surface area contributed by atoms with Gasteiger partial charge in [-0.05, 0) is 13.0 Å². The third-order valence-corrected chi connectivity index (χ3v) is 4.48. The fraction of sp³-hybridized carbons (Fsp3) is 0.278. The third-order valence-electron chi connectivity index (χ3n) is 3.51. The molecule has 0 radical (unpaired) electrons. The number of hydrogen-bond donors (Lipinski definition) is 1. The van der Waals surface area contributed by atoms with Crippen LogP contribution in [0.5, 0.6) is 11.5 Å². The van der Waals surface area contributed by atoms with Crippen molar-refractivity contribution in [3.63, 3.8) is 0 Å². The Morgan fingerprint density at radius 2 is 1.82 bits per heavy atom. The number of rotatable bonds is 6. The molecule has 1 aromatic carbocycles. The Labute approximate surface area is 163 Å². The predicted molar refractivity (Wildman–Crippen MR) is 97.6 cm³/mol. The Bertz CT molecular complexity index is 905. The molecule has 28 heavy (non-hydrogen) atoms. The number of alkyl halides is 3. The lowest BCUT2D eigenvalue weighted by Gasteiger charge is -2.13. The van der Waals surface area contributed by atoms with Crippen LogP contribution in [0, 0.1) is 18.3 Å². The Morgan fingerprint density at radius 1 is 1.21 bits per heavy atom. The van der Waals surface area contributed by atoms with Gasteiger partial charge in [-0.15, -0.1) is 0 Å². The van der Waals surface area contributed by atoms with Crippen LogP contribution in [0.4, 0.5) is 18.9 Å². The summed E-state index contributed by atoms with van der Waals surface area (Å²) in [4.78, 5) is 16.2. The van der Waals surface area contributed by atoms with Gasteiger partial charge in [0.15, 0.2) is 0 Å². The van der Waals surface area contributed by atoms with Crippen molar-refractivity contribution in [3.8, 4) is 17.6 Å². The maximum Gasteiger partial charge on any atom is 0.417 e. The minimum Gasteiger partial charge on any atom is -0.497 e. The molecule has 0 saturated heterocycles. The van der Waals surface area contributed by atoms with E-state index in [9.17, 15) is 18.0 Å². The highest BCUT2D eigenvalue weighted by atomic mass is 32.2. The summed E-state index contributed by atoms with van der Waals surface area (Å²) < 4.78 is 49.6. The van der Waals surface area contributed by atoms with Gasteiger partial charge < -0.3 is 14.8 Å². The molecule has 0 bridgehead atoms. The van der Waals surface area contributed by atoms with Crippen molar-refractivity contribution >= 4 is 23.4 Å². The summed E-state index contributed by atoms with van der Waals surface area (Å²) >= 11 is 0.755. The van der Waals surface area contributed by atoms with Gasteiger partial charge in [0.1, 0.15) is 22.6 Å². The van der Waals surface area contributed by atoms with E-state index in [-0.39, 0.29) is 16.5 Å². The number of ether oxygens (including phenoxy) is 2. The lowest BCUT2D eigenvalue weighted by atomic mass is 10.1. The SMILES string of the molecule is COc1cc(NC(=O)CSc2nc(C)cc(C(F)(F)F)c2C#N)cc(OC)c1. The predicted octanol–water partition coefficient (Wildman–Crippen LogP) is 4.03. The van der Waals surface area contributed by atoms with Gasteiger partial charge in [-0.2, -0.15) is 18.4 Å². The quantitative estimate of drug-likeness (QED) is 0.723. The summed E-state index contributed by atoms with van der Waals surface area (Å²) in [6.45, 7) is 1.39. The maximum atomic E-state index is 13.1. The number of pyridine rings is 1. The van der Waals surface area contributed by atoms with Crippen LogP contribution < -0.4 is 14.8 Å². The van der Waals surface area contributed by atoms with E-state index in [2.05, 4.69) is 10.3 Å². The molecule has 0 aliphatic carbocycles. The third kappa shape index (κ3) is 5.29. The first-order valence-corrected chi connectivity index (χ1v) is 8.81. The van der Waals surface area contributed by atoms with Crippen molar-refractivity contribution in [1.29, 1.82) is 5.26 Å². The second-order valence-electron chi connectivity index (χ2n) is 5.54. The number of nitrogens with zero attached hydrogens (tertiary/aromatic N) is 2. The van der Waals surface area contributed by atoms with Crippen molar-refractivity contribution in [2.24, 2.45) is 0 Å². The van der Waals surface area contributed by atoms with Crippen LogP contribution in [0.1, 0.15) is 16.8 Å². The van der Waals surface area contributed by atoms with Crippen LogP contribution in [-0.4, -0.2) is 30.9 Å². The molecule has 2 rings (SSSR count). The molecule has 0 aliphatic heterocycles. The Hall–Kier alpha value is -2.93. The molecule has 1 heterocycles. The van der Waals surface area contributed by atoms with E-state index in [4.69, 9.17) is 14.7 Å². The lowest BCUT2D eigenvalue weighted by Crippen LogP contribution is -2.15. The molecule has 2 aromatic rings. The Balaban J connectivity index is 2.18. The van der Waals surface area contributed by atoms with E-state index < -0.39 is 23.2 Å². The first-order valence-electron chi connectivity index (χ1n) is 7.82. The molecule has 0 atom stereocenters. The average Bonchev–Trinajstić information content (AvgIpc) is 2.64. The number of aromatic nitrogens is 1. The van der Waals surface area contributed by atoms with E-state index >= 15 is 0 Å². The highest BCUT2D eigenvalue weighted by Gasteiger charge is 2.35. The van der Waals surface area contributed by atoms with Gasteiger partial charge in [0, 0.05) is 29.6 Å². The second kappa shape index (κ2) is 8.84. The topological polar surface area (TPSA) is 84.2 Å². The van der Waals surface area contributed by atoms with Crippen molar-refractivity contribution in [3.05, 3.63) is 41.1 Å². The normalized spacial score (nSPS) is 10.9. The van der Waals surface area contributed by atoms with E-state index in [1.54, 1.807) is 18.2 Å². The van der Waals surface area contributed by atoms with Crippen molar-refractivity contribution in [2.45, 2.75) is 18.1 Å². The van der Waals surface area contributed by atoms with Crippen LogP contribution in [0.2, 0.25) is 0 Å². The summed E-state index contributed by atoms with van der Waals surface area (Å²) in [6, 6.07) is 7.10. The standard InChI is InChI=1S/C18H16F3N3O3S/c1-10-4-15(18(19,20)21)14(8-22)17(23-10)28-9-16(25)24-11-5-12(26-2)7-13(6-11)27-3/h4-7H,9H2,1-3H3,(H,24,25). The molecule has 1 aromatic heterocycles. The summed E-state index contributed by atoms with van der Waals surface area (Å²) in [7, 11) is 2.92. The van der Waals surface area contributed by atoms with Gasteiger partial charge in [0.05, 0.1) is 31.1 Å². The molecular formula is C18H16F3N3O3S. The van der Waals surface area contributed by atoms with Gasteiger partial charge in [-0.1, -0.05) is 11.8 Å². The molecule has 0 spiro atoms. The molecular weight excluding hydrogens is 395 g/mol. The summed E-state index contributed by atoms with van der Waals surface area (Å²) in [5.41, 5.74) is -1.16. The van der Waals surface area contributed by atoms with Gasteiger partial charge in [-0.3, -0.25) is 4.79 Å². The van der Waals surface area contributed by atoms with Crippen molar-refractivity contribution < 1.29 is 27.4 Å². The lowest BCUT2D eigenvalue weighted by molar-refractivity contribution is -0.138. The molecule has 148 valence electrons. The summed E-state index contributed by atoms with van der Waals surface area (Å²) in [5.74, 6) is 0.205. The number of anilines is 1. The Kier molecular flexibility index (Phi) is 6.75. The highest BCUT2D eigenvalue weighted by Crippen LogP contribution is 2.36. The van der Waals surface area contributed by atoms with Crippen LogP contribution in [0.15, 0.2) is 29.3 Å². The molecule has 6 nitrogen and oxygen atoms in total. The fourth-order valence-electron chi connectivity index (χ4n) is 2.29. The van der Waals surface area contributed by atoms with E-state index in [0.717, 1.165) is 17.8 Å². The number of methoxy groups -OCH3 is 2. The monoisotopic (exact) mass is 411 g/mol. The zero-order valence-electron chi connectivity index (χ0n) is 15.2. The van der Waals surface area contributed by atoms with Gasteiger partial charge in [0.2, 0.25) is 5.91 Å². The molecule has 0 aliphatic rings. The van der Waals surface area contributed by atoms with Gasteiger partial charge in [0.25, 0.3) is 0 Å². The smallest absolute Gasteiger partial charge is 0.417 e. The second-order valence-corrected chi connectivity index (χ2v) is 6.50. The number of benzene rings is 1. The zero-order chi connectivity index (χ0) is 20.9. The van der Waals surface area contributed by atoms with Crippen LogP contribution >= 0.6 is 11.8 Å². The number of hydrogen-bond acceptors (Lipinski definition) is 6. The van der Waals surface area contributed by atoms with E-state index in [1.807, 2.05) is 0 Å². The number of nitrogens with one attached hydrogen (secondary N) is 1. The first-order chi connectivity index (χ1) is 13.2. The molecule has 0 saturated carbocycles. The van der Waals surface area contributed by atoms with E-state index in [1.165, 1.54) is 27.2 Å². The maximum absolute atomic E-state index is 13.1. The van der Waals surface area contributed by atoms with E-state index in [0.29, 0.717) is 17.2 Å².